The predicted molar refractivity (Wildman–Crippen MR) is 100 cm³/mol. The van der Waals surface area contributed by atoms with Crippen LogP contribution in [0.3, 0.4) is 0 Å². The van der Waals surface area contributed by atoms with Crippen LogP contribution in [-0.2, 0) is 27.1 Å². The molecular weight excluding hydrogens is 336 g/mol. The Hall–Kier alpha value is -2.44. The first-order valence-electron chi connectivity index (χ1n) is 7.89. The van der Waals surface area contributed by atoms with Crippen molar-refractivity contribution in [1.29, 1.82) is 0 Å². The van der Waals surface area contributed by atoms with E-state index in [9.17, 15) is 13.2 Å². The molecule has 0 saturated carbocycles. The van der Waals surface area contributed by atoms with Crippen molar-refractivity contribution in [3.63, 3.8) is 0 Å². The number of nitrogens with one attached hydrogen (secondary N) is 2. The van der Waals surface area contributed by atoms with E-state index in [2.05, 4.69) is 10.0 Å². The van der Waals surface area contributed by atoms with Crippen molar-refractivity contribution in [1.82, 2.24) is 10.0 Å². The first-order chi connectivity index (χ1) is 11.9. The van der Waals surface area contributed by atoms with Crippen LogP contribution in [0.2, 0.25) is 0 Å². The molecule has 2 N–H and O–H groups in total. The third-order valence-corrected chi connectivity index (χ3v) is 5.00. The van der Waals surface area contributed by atoms with Crippen LogP contribution in [0.5, 0.6) is 0 Å². The summed E-state index contributed by atoms with van der Waals surface area (Å²) in [6, 6.07) is 15.0. The average molecular weight is 358 g/mol. The van der Waals surface area contributed by atoms with Gasteiger partial charge in [0.05, 0.1) is 5.75 Å². The lowest BCUT2D eigenvalue weighted by molar-refractivity contribution is -0.116. The van der Waals surface area contributed by atoms with Crippen LogP contribution in [0.4, 0.5) is 0 Å². The van der Waals surface area contributed by atoms with Crippen molar-refractivity contribution >= 4 is 22.0 Å². The lowest BCUT2D eigenvalue weighted by Crippen LogP contribution is -2.21. The minimum Gasteiger partial charge on any atom is -0.348 e. The SMILES string of the molecule is CNS(=O)(=O)Cc1ccc(CNC(=O)/C=C/c2ccc(C)cc2)cc1. The molecule has 0 atom stereocenters. The van der Waals surface area contributed by atoms with Gasteiger partial charge in [-0.3, -0.25) is 4.79 Å². The fraction of sp³-hybridized carbons (Fsp3) is 0.211. The van der Waals surface area contributed by atoms with E-state index in [0.717, 1.165) is 11.1 Å². The Morgan fingerprint density at radius 2 is 1.60 bits per heavy atom. The molecule has 0 aliphatic rings. The Balaban J connectivity index is 1.86. The molecule has 0 heterocycles. The second-order valence-corrected chi connectivity index (χ2v) is 7.67. The van der Waals surface area contributed by atoms with Gasteiger partial charge in [0.2, 0.25) is 15.9 Å². The van der Waals surface area contributed by atoms with E-state index < -0.39 is 10.0 Å². The van der Waals surface area contributed by atoms with Crippen LogP contribution in [0.25, 0.3) is 6.08 Å². The van der Waals surface area contributed by atoms with Gasteiger partial charge in [0, 0.05) is 12.6 Å². The number of aryl methyl sites for hydroxylation is 1. The molecule has 0 saturated heterocycles. The van der Waals surface area contributed by atoms with Crippen molar-refractivity contribution in [3.8, 4) is 0 Å². The summed E-state index contributed by atoms with van der Waals surface area (Å²) in [6.07, 6.45) is 3.26. The third-order valence-electron chi connectivity index (χ3n) is 3.66. The molecule has 0 bridgehead atoms. The summed E-state index contributed by atoms with van der Waals surface area (Å²) >= 11 is 0. The summed E-state index contributed by atoms with van der Waals surface area (Å²) in [6.45, 7) is 2.40. The number of carbonyl (C=O) groups excluding carboxylic acids is 1. The number of hydrogen-bond acceptors (Lipinski definition) is 3. The maximum atomic E-state index is 11.9. The number of benzene rings is 2. The molecular formula is C19H22N2O3S. The summed E-state index contributed by atoms with van der Waals surface area (Å²) in [4.78, 5) is 11.9. The average Bonchev–Trinajstić information content (AvgIpc) is 2.60. The van der Waals surface area contributed by atoms with Crippen molar-refractivity contribution < 1.29 is 13.2 Å². The molecule has 132 valence electrons. The van der Waals surface area contributed by atoms with E-state index in [1.165, 1.54) is 18.7 Å². The second kappa shape index (κ2) is 8.60. The number of amides is 1. The summed E-state index contributed by atoms with van der Waals surface area (Å²) < 4.78 is 25.3. The van der Waals surface area contributed by atoms with Gasteiger partial charge < -0.3 is 5.32 Å². The Morgan fingerprint density at radius 3 is 2.20 bits per heavy atom. The van der Waals surface area contributed by atoms with E-state index in [1.807, 2.05) is 43.3 Å². The number of sulfonamides is 1. The van der Waals surface area contributed by atoms with Crippen molar-refractivity contribution in [2.45, 2.75) is 19.2 Å². The van der Waals surface area contributed by atoms with Crippen molar-refractivity contribution in [2.24, 2.45) is 0 Å². The van der Waals surface area contributed by atoms with Crippen LogP contribution < -0.4 is 10.0 Å². The Kier molecular flexibility index (Phi) is 6.50. The second-order valence-electron chi connectivity index (χ2n) is 5.74. The van der Waals surface area contributed by atoms with Gasteiger partial charge in [-0.25, -0.2) is 13.1 Å². The van der Waals surface area contributed by atoms with E-state index >= 15 is 0 Å². The molecule has 2 aromatic rings. The maximum absolute atomic E-state index is 11.9. The minimum absolute atomic E-state index is 0.0601. The molecule has 0 aliphatic carbocycles. The Labute approximate surface area is 148 Å². The van der Waals surface area contributed by atoms with Gasteiger partial charge in [-0.15, -0.1) is 0 Å². The lowest BCUT2D eigenvalue weighted by atomic mass is 10.1. The molecule has 0 radical (unpaired) electrons. The Bertz CT molecular complexity index is 839. The zero-order valence-electron chi connectivity index (χ0n) is 14.3. The first-order valence-corrected chi connectivity index (χ1v) is 9.55. The quantitative estimate of drug-likeness (QED) is 0.746. The molecule has 6 heteroatoms. The minimum atomic E-state index is -3.28. The van der Waals surface area contributed by atoms with Crippen LogP contribution in [0, 0.1) is 6.92 Å². The smallest absolute Gasteiger partial charge is 0.244 e. The molecule has 0 unspecified atom stereocenters. The largest absolute Gasteiger partial charge is 0.348 e. The maximum Gasteiger partial charge on any atom is 0.244 e. The van der Waals surface area contributed by atoms with Crippen LogP contribution in [0.1, 0.15) is 22.3 Å². The van der Waals surface area contributed by atoms with Gasteiger partial charge in [0.25, 0.3) is 0 Å². The van der Waals surface area contributed by atoms with Gasteiger partial charge in [-0.2, -0.15) is 0 Å². The highest BCUT2D eigenvalue weighted by molar-refractivity contribution is 7.88. The third kappa shape index (κ3) is 6.52. The highest BCUT2D eigenvalue weighted by Gasteiger charge is 2.08. The lowest BCUT2D eigenvalue weighted by Gasteiger charge is -2.06. The summed E-state index contributed by atoms with van der Waals surface area (Å²) in [7, 11) is -1.88. The van der Waals surface area contributed by atoms with Crippen molar-refractivity contribution in [2.75, 3.05) is 7.05 Å². The Morgan fingerprint density at radius 1 is 1.00 bits per heavy atom. The monoisotopic (exact) mass is 358 g/mol. The van der Waals surface area contributed by atoms with Crippen LogP contribution >= 0.6 is 0 Å². The predicted octanol–water partition coefficient (Wildman–Crippen LogP) is 2.37. The van der Waals surface area contributed by atoms with E-state index in [4.69, 9.17) is 0 Å². The number of hydrogen-bond donors (Lipinski definition) is 2. The van der Waals surface area contributed by atoms with Gasteiger partial charge >= 0.3 is 0 Å². The molecule has 0 aromatic heterocycles. The van der Waals surface area contributed by atoms with Gasteiger partial charge in [-0.1, -0.05) is 54.1 Å². The molecule has 0 fully saturated rings. The van der Waals surface area contributed by atoms with Gasteiger partial charge in [-0.05, 0) is 36.7 Å². The molecule has 0 spiro atoms. The standard InChI is InChI=1S/C19H22N2O3S/c1-15-3-5-16(6-4-15)11-12-19(22)21-13-17-7-9-18(10-8-17)14-25(23,24)20-2/h3-12,20H,13-14H2,1-2H3,(H,21,22)/b12-11+. The fourth-order valence-electron chi connectivity index (χ4n) is 2.14. The van der Waals surface area contributed by atoms with Gasteiger partial charge in [0.1, 0.15) is 0 Å². The van der Waals surface area contributed by atoms with Crippen LogP contribution in [-0.4, -0.2) is 21.4 Å². The number of carbonyl (C=O) groups is 1. The molecule has 2 rings (SSSR count). The molecule has 0 aliphatic heterocycles. The summed E-state index contributed by atoms with van der Waals surface area (Å²) in [5, 5.41) is 2.80. The normalized spacial score (nSPS) is 11.6. The van der Waals surface area contributed by atoms with Crippen molar-refractivity contribution in [3.05, 3.63) is 76.9 Å². The number of rotatable bonds is 7. The highest BCUT2D eigenvalue weighted by atomic mass is 32.2. The van der Waals surface area contributed by atoms with E-state index in [1.54, 1.807) is 18.2 Å². The van der Waals surface area contributed by atoms with Crippen LogP contribution in [0.15, 0.2) is 54.6 Å². The first kappa shape index (κ1) is 18.9. The zero-order valence-corrected chi connectivity index (χ0v) is 15.1. The summed E-state index contributed by atoms with van der Waals surface area (Å²) in [5.74, 6) is -0.238. The molecule has 5 nitrogen and oxygen atoms in total. The zero-order chi connectivity index (χ0) is 18.3. The molecule has 1 amide bonds. The van der Waals surface area contributed by atoms with E-state index in [0.29, 0.717) is 12.1 Å². The molecule has 25 heavy (non-hydrogen) atoms. The van der Waals surface area contributed by atoms with E-state index in [-0.39, 0.29) is 11.7 Å². The fourth-order valence-corrected chi connectivity index (χ4v) is 2.92. The summed E-state index contributed by atoms with van der Waals surface area (Å²) in [5.41, 5.74) is 3.75. The molecule has 2 aromatic carbocycles. The topological polar surface area (TPSA) is 75.3 Å². The van der Waals surface area contributed by atoms with Gasteiger partial charge in [0.15, 0.2) is 0 Å². The highest BCUT2D eigenvalue weighted by Crippen LogP contribution is 2.08.